The fraction of sp³-hybridized carbons (Fsp3) is 0.400. The van der Waals surface area contributed by atoms with E-state index in [0.29, 0.717) is 0 Å². The van der Waals surface area contributed by atoms with Crippen molar-refractivity contribution >= 4 is 7.55 Å². The largest absolute Gasteiger partial charge is 0.478 e. The van der Waals surface area contributed by atoms with E-state index in [0.717, 1.165) is 0 Å². The third kappa shape index (κ3) is 4.49. The summed E-state index contributed by atoms with van der Waals surface area (Å²) in [5.41, 5.74) is -8.59. The molecular weight excluding hydrogens is 415 g/mol. The van der Waals surface area contributed by atoms with Gasteiger partial charge >= 0.3 is 24.7 Å². The molecular formula is C10H2BF12N4-. The van der Waals surface area contributed by atoms with E-state index in [1.165, 1.54) is 0 Å². The van der Waals surface area contributed by atoms with Crippen molar-refractivity contribution in [1.29, 1.82) is 0 Å². The number of alkyl halides is 12. The lowest BCUT2D eigenvalue weighted by molar-refractivity contribution is -0.144. The van der Waals surface area contributed by atoms with Gasteiger partial charge in [0.1, 0.15) is 0 Å². The van der Waals surface area contributed by atoms with Gasteiger partial charge in [-0.1, -0.05) is 0 Å². The Morgan fingerprint density at radius 2 is 0.852 bits per heavy atom. The van der Waals surface area contributed by atoms with Gasteiger partial charge < -0.3 is 9.19 Å². The molecule has 150 valence electrons. The van der Waals surface area contributed by atoms with Gasteiger partial charge in [-0.2, -0.15) is 52.7 Å². The Kier molecular flexibility index (Phi) is 4.72. The Hall–Kier alpha value is -2.36. The van der Waals surface area contributed by atoms with E-state index < -0.39 is 76.3 Å². The normalized spacial score (nSPS) is 14.1. The van der Waals surface area contributed by atoms with Crippen molar-refractivity contribution < 1.29 is 52.7 Å². The van der Waals surface area contributed by atoms with E-state index in [9.17, 15) is 52.7 Å². The highest BCUT2D eigenvalue weighted by Crippen LogP contribution is 2.37. The van der Waals surface area contributed by atoms with Gasteiger partial charge in [0.15, 0.2) is 11.4 Å². The minimum Gasteiger partial charge on any atom is -0.478 e. The topological polar surface area (TPSA) is 35.6 Å². The van der Waals surface area contributed by atoms with Crippen LogP contribution >= 0.6 is 0 Å². The molecule has 17 heteroatoms. The van der Waals surface area contributed by atoms with E-state index >= 15 is 0 Å². The summed E-state index contributed by atoms with van der Waals surface area (Å²) in [5.74, 6) is 0. The molecule has 0 spiro atoms. The lowest BCUT2D eigenvalue weighted by atomic mass is 10.1. The molecule has 2 aromatic rings. The molecule has 2 aromatic heterocycles. The maximum atomic E-state index is 12.8. The first-order valence-electron chi connectivity index (χ1n) is 6.23. The molecule has 27 heavy (non-hydrogen) atoms. The van der Waals surface area contributed by atoms with Crippen LogP contribution in [0.4, 0.5) is 52.7 Å². The first kappa shape index (κ1) is 21.0. The monoisotopic (exact) mass is 417 g/mol. The lowest BCUT2D eigenvalue weighted by Crippen LogP contribution is -2.29. The third-order valence-corrected chi connectivity index (χ3v) is 2.85. The van der Waals surface area contributed by atoms with Gasteiger partial charge in [-0.25, -0.2) is 10.2 Å². The molecule has 0 aliphatic rings. The van der Waals surface area contributed by atoms with Crippen LogP contribution in [0.25, 0.3) is 0 Å². The minimum atomic E-state index is -5.51. The highest BCUT2D eigenvalue weighted by molar-refractivity contribution is 6.31. The zero-order chi connectivity index (χ0) is 21.0. The van der Waals surface area contributed by atoms with E-state index in [4.69, 9.17) is 0 Å². The van der Waals surface area contributed by atoms with Crippen LogP contribution in [0.3, 0.4) is 0 Å². The van der Waals surface area contributed by atoms with E-state index in [-0.39, 0.29) is 0 Å². The summed E-state index contributed by atoms with van der Waals surface area (Å²) in [5, 5.41) is 4.89. The van der Waals surface area contributed by atoms with Crippen LogP contribution in [-0.2, 0) is 24.7 Å². The number of halogens is 12. The standard InChI is InChI=1S/C10H2BF12N4/c12-7(13,14)3-1-5(9(18,19)20)26(24-3)11-27-6(10(21,22)23)2-4(25-27)8(15,16)17/h1-2H/q-1. The van der Waals surface area contributed by atoms with Crippen LogP contribution in [0.2, 0.25) is 0 Å². The summed E-state index contributed by atoms with van der Waals surface area (Å²) in [7, 11) is -0.393. The van der Waals surface area contributed by atoms with Crippen LogP contribution in [0.5, 0.6) is 0 Å². The number of hydrogen-bond acceptors (Lipinski definition) is 2. The van der Waals surface area contributed by atoms with E-state index in [1.54, 1.807) is 0 Å². The van der Waals surface area contributed by atoms with Crippen LogP contribution in [0, 0.1) is 0 Å². The average molecular weight is 417 g/mol. The van der Waals surface area contributed by atoms with Crippen molar-refractivity contribution in [3.63, 3.8) is 0 Å². The van der Waals surface area contributed by atoms with Gasteiger partial charge in [0.05, 0.1) is 11.4 Å². The Bertz CT molecular complexity index is 753. The maximum absolute atomic E-state index is 12.8. The van der Waals surface area contributed by atoms with Crippen LogP contribution in [0.15, 0.2) is 12.1 Å². The van der Waals surface area contributed by atoms with Crippen LogP contribution in [0.1, 0.15) is 22.8 Å². The molecule has 0 saturated carbocycles. The van der Waals surface area contributed by atoms with Crippen molar-refractivity contribution in [2.75, 3.05) is 0 Å². The summed E-state index contributed by atoms with van der Waals surface area (Å²) < 4.78 is 151. The molecule has 2 rings (SSSR count). The van der Waals surface area contributed by atoms with E-state index in [1.807, 2.05) is 0 Å². The first-order chi connectivity index (χ1) is 11.9. The van der Waals surface area contributed by atoms with Crippen LogP contribution < -0.4 is 0 Å². The predicted molar refractivity (Wildman–Crippen MR) is 61.0 cm³/mol. The Morgan fingerprint density at radius 3 is 1.07 bits per heavy atom. The Balaban J connectivity index is 2.60. The second kappa shape index (κ2) is 6.08. The number of nitrogens with zero attached hydrogens (tertiary/aromatic N) is 4. The fourth-order valence-corrected chi connectivity index (χ4v) is 1.77. The van der Waals surface area contributed by atoms with Gasteiger partial charge in [-0.15, -0.1) is 0 Å². The quantitative estimate of drug-likeness (QED) is 0.546. The molecule has 2 heterocycles. The second-order valence-corrected chi connectivity index (χ2v) is 4.83. The van der Waals surface area contributed by atoms with Gasteiger partial charge in [-0.3, -0.25) is 0 Å². The van der Waals surface area contributed by atoms with Crippen molar-refractivity contribution in [2.24, 2.45) is 0 Å². The average Bonchev–Trinajstić information content (AvgIpc) is 3.00. The molecule has 2 radical (unpaired) electrons. The Labute approximate surface area is 140 Å². The Morgan fingerprint density at radius 1 is 0.556 bits per heavy atom. The molecule has 0 unspecified atom stereocenters. The number of rotatable bonds is 2. The molecule has 0 amide bonds. The molecule has 4 nitrogen and oxygen atoms in total. The van der Waals surface area contributed by atoms with Crippen molar-refractivity contribution in [1.82, 2.24) is 19.4 Å². The lowest BCUT2D eigenvalue weighted by Gasteiger charge is -2.25. The SMILES string of the molecule is FC(F)(F)c1cc(C(F)(F)F)n([B-]n2nc(C(F)(F)F)cc2C(F)(F)F)n1. The van der Waals surface area contributed by atoms with Crippen molar-refractivity contribution in [3.8, 4) is 0 Å². The zero-order valence-electron chi connectivity index (χ0n) is 12.1. The number of aromatic nitrogens is 4. The van der Waals surface area contributed by atoms with Gasteiger partial charge in [0.25, 0.3) is 0 Å². The molecule has 0 saturated heterocycles. The van der Waals surface area contributed by atoms with Gasteiger partial charge in [0.2, 0.25) is 0 Å². The molecule has 0 aliphatic carbocycles. The van der Waals surface area contributed by atoms with E-state index in [2.05, 4.69) is 10.2 Å². The summed E-state index contributed by atoms with van der Waals surface area (Å²) in [6.45, 7) is 0. The fourth-order valence-electron chi connectivity index (χ4n) is 1.77. The molecule has 0 N–H and O–H groups in total. The predicted octanol–water partition coefficient (Wildman–Crippen LogP) is 4.09. The van der Waals surface area contributed by atoms with Crippen molar-refractivity contribution in [2.45, 2.75) is 24.7 Å². The molecule has 0 aliphatic heterocycles. The molecule has 0 fully saturated rings. The molecule has 0 bridgehead atoms. The zero-order valence-corrected chi connectivity index (χ0v) is 12.1. The smallest absolute Gasteiger partial charge is 0.435 e. The summed E-state index contributed by atoms with van der Waals surface area (Å²) in [6, 6.07) is -1.03. The third-order valence-electron chi connectivity index (χ3n) is 2.85. The highest BCUT2D eigenvalue weighted by Gasteiger charge is 2.42. The van der Waals surface area contributed by atoms with Crippen molar-refractivity contribution in [3.05, 3.63) is 34.9 Å². The summed E-state index contributed by atoms with van der Waals surface area (Å²) in [4.78, 5) is 0. The molecule has 0 atom stereocenters. The van der Waals surface area contributed by atoms with Gasteiger partial charge in [0, 0.05) is 0 Å². The highest BCUT2D eigenvalue weighted by atomic mass is 19.4. The van der Waals surface area contributed by atoms with Crippen LogP contribution in [-0.4, -0.2) is 26.9 Å². The maximum Gasteiger partial charge on any atom is 0.435 e. The molecule has 0 aromatic carbocycles. The minimum absolute atomic E-state index is 0.393. The first-order valence-corrected chi connectivity index (χ1v) is 6.23. The number of hydrogen-bond donors (Lipinski definition) is 0. The summed E-state index contributed by atoms with van der Waals surface area (Å²) in [6.07, 6.45) is -21.8. The summed E-state index contributed by atoms with van der Waals surface area (Å²) >= 11 is 0. The second-order valence-electron chi connectivity index (χ2n) is 4.83. The van der Waals surface area contributed by atoms with Gasteiger partial charge in [-0.05, 0) is 19.7 Å².